The van der Waals surface area contributed by atoms with Crippen molar-refractivity contribution >= 4 is 22.7 Å². The van der Waals surface area contributed by atoms with Crippen LogP contribution < -0.4 is 10.1 Å². The Hall–Kier alpha value is -3.80. The van der Waals surface area contributed by atoms with Gasteiger partial charge in [0, 0.05) is 11.3 Å². The summed E-state index contributed by atoms with van der Waals surface area (Å²) in [4.78, 5) is 17.2. The normalized spacial score (nSPS) is 10.9. The van der Waals surface area contributed by atoms with Crippen LogP contribution in [-0.4, -0.2) is 22.6 Å². The van der Waals surface area contributed by atoms with Crippen LogP contribution in [0.2, 0.25) is 0 Å². The number of anilines is 1. The smallest absolute Gasteiger partial charge is 0.255 e. The lowest BCUT2D eigenvalue weighted by atomic mass is 10.1. The maximum Gasteiger partial charge on any atom is 0.255 e. The molecule has 1 amide bonds. The number of amides is 1. The molecule has 4 rings (SSSR count). The average molecular weight is 416 g/mol. The minimum atomic E-state index is -0.276. The molecule has 0 bridgehead atoms. The maximum atomic E-state index is 12.7. The number of carbonyl (C=O) groups excluding carboxylic acids is 1. The number of aryl methyl sites for hydroxylation is 2. The molecule has 6 nitrogen and oxygen atoms in total. The Bertz CT molecular complexity index is 1220. The number of rotatable bonds is 6. The topological polar surface area (TPSA) is 84.6 Å². The molecule has 0 unspecified atom stereocenters. The molecule has 1 heterocycles. The van der Waals surface area contributed by atoms with Crippen molar-refractivity contribution in [2.24, 2.45) is 0 Å². The second-order valence-corrected chi connectivity index (χ2v) is 7.49. The number of ether oxygens (including phenoxy) is 1. The van der Waals surface area contributed by atoms with E-state index in [2.05, 4.69) is 10.3 Å². The number of hydrogen-bond acceptors (Lipinski definition) is 5. The van der Waals surface area contributed by atoms with Crippen molar-refractivity contribution in [2.75, 3.05) is 11.9 Å². The Balaban J connectivity index is 1.60. The van der Waals surface area contributed by atoms with Crippen LogP contribution in [-0.2, 0) is 0 Å². The SMILES string of the molecule is CCCOc1cccc(C(=O)Nc2ccc(O)c(-c3nc4cc(C)c(C)cc4o3)c2)c1. The molecule has 0 radical (unpaired) electrons. The van der Waals surface area contributed by atoms with Gasteiger partial charge < -0.3 is 19.6 Å². The highest BCUT2D eigenvalue weighted by Crippen LogP contribution is 2.34. The summed E-state index contributed by atoms with van der Waals surface area (Å²) in [6.07, 6.45) is 0.891. The summed E-state index contributed by atoms with van der Waals surface area (Å²) in [5.74, 6) is 0.692. The van der Waals surface area contributed by atoms with Crippen LogP contribution >= 0.6 is 0 Å². The van der Waals surface area contributed by atoms with Crippen LogP contribution in [0.5, 0.6) is 11.5 Å². The predicted molar refractivity (Wildman–Crippen MR) is 121 cm³/mol. The van der Waals surface area contributed by atoms with Gasteiger partial charge >= 0.3 is 0 Å². The number of aromatic hydroxyl groups is 1. The summed E-state index contributed by atoms with van der Waals surface area (Å²) in [6, 6.07) is 15.7. The van der Waals surface area contributed by atoms with Gasteiger partial charge in [0.1, 0.15) is 17.0 Å². The van der Waals surface area contributed by atoms with Gasteiger partial charge in [-0.1, -0.05) is 13.0 Å². The van der Waals surface area contributed by atoms with Gasteiger partial charge in [0.15, 0.2) is 5.58 Å². The highest BCUT2D eigenvalue weighted by atomic mass is 16.5. The lowest BCUT2D eigenvalue weighted by molar-refractivity contribution is 0.102. The molecule has 4 aromatic rings. The van der Waals surface area contributed by atoms with Gasteiger partial charge in [-0.25, -0.2) is 4.98 Å². The molecule has 0 saturated heterocycles. The molecular formula is C25H24N2O4. The number of nitrogens with zero attached hydrogens (tertiary/aromatic N) is 1. The van der Waals surface area contributed by atoms with E-state index in [9.17, 15) is 9.90 Å². The summed E-state index contributed by atoms with van der Waals surface area (Å²) in [7, 11) is 0. The Labute approximate surface area is 180 Å². The fourth-order valence-corrected chi connectivity index (χ4v) is 3.23. The number of phenolic OH excluding ortho intramolecular Hbond substituents is 1. The molecule has 2 N–H and O–H groups in total. The summed E-state index contributed by atoms with van der Waals surface area (Å²) < 4.78 is 11.5. The molecule has 0 atom stereocenters. The third-order valence-corrected chi connectivity index (χ3v) is 5.06. The maximum absolute atomic E-state index is 12.7. The first kappa shape index (κ1) is 20.5. The van der Waals surface area contributed by atoms with Crippen molar-refractivity contribution < 1.29 is 19.1 Å². The molecule has 0 aliphatic carbocycles. The van der Waals surface area contributed by atoms with Gasteiger partial charge in [-0.05, 0) is 79.9 Å². The molecule has 0 aliphatic rings. The van der Waals surface area contributed by atoms with E-state index in [1.807, 2.05) is 39.0 Å². The van der Waals surface area contributed by atoms with Gasteiger partial charge in [0.25, 0.3) is 5.91 Å². The second kappa shape index (κ2) is 8.52. The fourth-order valence-electron chi connectivity index (χ4n) is 3.23. The first-order valence-electron chi connectivity index (χ1n) is 10.2. The molecule has 0 fully saturated rings. The molecular weight excluding hydrogens is 392 g/mol. The van der Waals surface area contributed by atoms with E-state index in [4.69, 9.17) is 9.15 Å². The molecule has 6 heteroatoms. The number of nitrogens with one attached hydrogen (secondary N) is 1. The van der Waals surface area contributed by atoms with E-state index in [0.717, 1.165) is 23.1 Å². The predicted octanol–water partition coefficient (Wildman–Crippen LogP) is 5.86. The summed E-state index contributed by atoms with van der Waals surface area (Å²) in [5.41, 5.74) is 4.99. The van der Waals surface area contributed by atoms with Crippen LogP contribution in [0.1, 0.15) is 34.8 Å². The fraction of sp³-hybridized carbons (Fsp3) is 0.200. The summed E-state index contributed by atoms with van der Waals surface area (Å²) in [5, 5.41) is 13.2. The number of phenols is 1. The lowest BCUT2D eigenvalue weighted by Gasteiger charge is -2.09. The minimum Gasteiger partial charge on any atom is -0.507 e. The van der Waals surface area contributed by atoms with Crippen molar-refractivity contribution in [1.82, 2.24) is 4.98 Å². The minimum absolute atomic E-state index is 0.0213. The van der Waals surface area contributed by atoms with Crippen molar-refractivity contribution in [1.29, 1.82) is 0 Å². The Morgan fingerprint density at radius 3 is 2.71 bits per heavy atom. The highest BCUT2D eigenvalue weighted by Gasteiger charge is 2.15. The van der Waals surface area contributed by atoms with E-state index in [1.165, 1.54) is 6.07 Å². The first-order chi connectivity index (χ1) is 14.9. The van der Waals surface area contributed by atoms with Crippen LogP contribution in [0.4, 0.5) is 5.69 Å². The zero-order chi connectivity index (χ0) is 22.0. The number of aromatic nitrogens is 1. The van der Waals surface area contributed by atoms with Crippen LogP contribution in [0, 0.1) is 13.8 Å². The molecule has 3 aromatic carbocycles. The lowest BCUT2D eigenvalue weighted by Crippen LogP contribution is -2.12. The Morgan fingerprint density at radius 2 is 1.90 bits per heavy atom. The Morgan fingerprint density at radius 1 is 1.10 bits per heavy atom. The van der Waals surface area contributed by atoms with Crippen molar-refractivity contribution in [3.63, 3.8) is 0 Å². The van der Waals surface area contributed by atoms with Gasteiger partial charge in [-0.3, -0.25) is 4.79 Å². The van der Waals surface area contributed by atoms with E-state index >= 15 is 0 Å². The van der Waals surface area contributed by atoms with Crippen LogP contribution in [0.25, 0.3) is 22.6 Å². The summed E-state index contributed by atoms with van der Waals surface area (Å²) in [6.45, 7) is 6.64. The number of carbonyl (C=O) groups is 1. The van der Waals surface area contributed by atoms with Gasteiger partial charge in [0.2, 0.25) is 5.89 Å². The van der Waals surface area contributed by atoms with E-state index in [-0.39, 0.29) is 11.7 Å². The molecule has 1 aromatic heterocycles. The highest BCUT2D eigenvalue weighted by molar-refractivity contribution is 6.04. The number of fused-ring (bicyclic) bond motifs is 1. The zero-order valence-corrected chi connectivity index (χ0v) is 17.7. The largest absolute Gasteiger partial charge is 0.507 e. The van der Waals surface area contributed by atoms with E-state index in [0.29, 0.717) is 40.6 Å². The molecule has 0 saturated carbocycles. The number of benzene rings is 3. The van der Waals surface area contributed by atoms with Crippen molar-refractivity contribution in [3.05, 3.63) is 71.3 Å². The van der Waals surface area contributed by atoms with Crippen LogP contribution in [0.3, 0.4) is 0 Å². The van der Waals surface area contributed by atoms with Crippen molar-refractivity contribution in [2.45, 2.75) is 27.2 Å². The molecule has 0 aliphatic heterocycles. The van der Waals surface area contributed by atoms with Gasteiger partial charge in [-0.15, -0.1) is 0 Å². The van der Waals surface area contributed by atoms with Crippen LogP contribution in [0.15, 0.2) is 59.0 Å². The first-order valence-corrected chi connectivity index (χ1v) is 10.2. The third-order valence-electron chi connectivity index (χ3n) is 5.06. The van der Waals surface area contributed by atoms with Crippen molar-refractivity contribution in [3.8, 4) is 23.0 Å². The number of oxazole rings is 1. The van der Waals surface area contributed by atoms with E-state index < -0.39 is 0 Å². The van der Waals surface area contributed by atoms with Gasteiger partial charge in [-0.2, -0.15) is 0 Å². The monoisotopic (exact) mass is 416 g/mol. The second-order valence-electron chi connectivity index (χ2n) is 7.49. The molecule has 0 spiro atoms. The Kier molecular flexibility index (Phi) is 5.62. The summed E-state index contributed by atoms with van der Waals surface area (Å²) >= 11 is 0. The molecule has 158 valence electrons. The van der Waals surface area contributed by atoms with Gasteiger partial charge in [0.05, 0.1) is 12.2 Å². The third kappa shape index (κ3) is 4.38. The number of hydrogen-bond donors (Lipinski definition) is 2. The van der Waals surface area contributed by atoms with E-state index in [1.54, 1.807) is 30.3 Å². The molecule has 31 heavy (non-hydrogen) atoms. The standard InChI is InChI=1S/C25H24N2O4/c1-4-10-30-19-7-5-6-17(13-19)24(29)26-18-8-9-22(28)20(14-18)25-27-21-11-15(2)16(3)12-23(21)31-25/h5-9,11-14,28H,4,10H2,1-3H3,(H,26,29). The zero-order valence-electron chi connectivity index (χ0n) is 17.7. The quantitative estimate of drug-likeness (QED) is 0.385. The average Bonchev–Trinajstić information content (AvgIpc) is 3.16.